The summed E-state index contributed by atoms with van der Waals surface area (Å²) in [5.41, 5.74) is 0.111. The van der Waals surface area contributed by atoms with Crippen molar-refractivity contribution in [3.05, 3.63) is 52.5 Å². The van der Waals surface area contributed by atoms with Crippen LogP contribution in [0.4, 0.5) is 18.9 Å². The number of fused-ring (bicyclic) bond motifs is 1. The predicted molar refractivity (Wildman–Crippen MR) is 92.3 cm³/mol. The Labute approximate surface area is 154 Å². The molecule has 26 heavy (non-hydrogen) atoms. The van der Waals surface area contributed by atoms with Crippen LogP contribution in [0.3, 0.4) is 0 Å². The number of anilines is 1. The SMILES string of the molecule is COc1ccc2c(c1)CCCN2S(=O)(=O)c1cc(C(F)(F)F)ccc1Cl. The second-order valence-electron chi connectivity index (χ2n) is 5.82. The zero-order valence-corrected chi connectivity index (χ0v) is 15.2. The van der Waals surface area contributed by atoms with E-state index in [1.54, 1.807) is 18.2 Å². The molecule has 2 aromatic carbocycles. The third-order valence-electron chi connectivity index (χ3n) is 4.19. The standard InChI is InChI=1S/C17H15ClF3NO3S/c1-25-13-5-7-15-11(9-13)3-2-8-22(15)26(23,24)16-10-12(17(19,20)21)4-6-14(16)18/h4-7,9-10H,2-3,8H2,1H3. The van der Waals surface area contributed by atoms with Crippen LogP contribution in [0.2, 0.25) is 5.02 Å². The first-order chi connectivity index (χ1) is 12.1. The lowest BCUT2D eigenvalue weighted by molar-refractivity contribution is -0.137. The van der Waals surface area contributed by atoms with Gasteiger partial charge in [-0.25, -0.2) is 8.42 Å². The largest absolute Gasteiger partial charge is 0.497 e. The molecule has 0 radical (unpaired) electrons. The maximum atomic E-state index is 13.0. The summed E-state index contributed by atoms with van der Waals surface area (Å²) in [7, 11) is -2.75. The Morgan fingerprint density at radius 2 is 1.88 bits per heavy atom. The van der Waals surface area contributed by atoms with Crippen molar-refractivity contribution in [3.63, 3.8) is 0 Å². The molecule has 0 aliphatic carbocycles. The molecule has 4 nitrogen and oxygen atoms in total. The van der Waals surface area contributed by atoms with E-state index in [0.717, 1.165) is 22.0 Å². The predicted octanol–water partition coefficient (Wildman–Crippen LogP) is 4.51. The third kappa shape index (κ3) is 3.35. The third-order valence-corrected chi connectivity index (χ3v) is 6.48. The Bertz CT molecular complexity index is 945. The lowest BCUT2D eigenvalue weighted by atomic mass is 10.0. The molecule has 0 saturated heterocycles. The molecule has 9 heteroatoms. The van der Waals surface area contributed by atoms with Gasteiger partial charge in [0.05, 0.1) is 23.4 Å². The van der Waals surface area contributed by atoms with Crippen LogP contribution >= 0.6 is 11.6 Å². The number of hydrogen-bond donors (Lipinski definition) is 0. The smallest absolute Gasteiger partial charge is 0.416 e. The van der Waals surface area contributed by atoms with Crippen LogP contribution < -0.4 is 9.04 Å². The zero-order valence-electron chi connectivity index (χ0n) is 13.7. The van der Waals surface area contributed by atoms with Gasteiger partial charge in [0, 0.05) is 6.54 Å². The van der Waals surface area contributed by atoms with Gasteiger partial charge in [-0.3, -0.25) is 4.31 Å². The Morgan fingerprint density at radius 1 is 1.15 bits per heavy atom. The quantitative estimate of drug-likeness (QED) is 0.754. The molecule has 0 saturated carbocycles. The molecule has 0 bridgehead atoms. The molecular formula is C17H15ClF3NO3S. The number of rotatable bonds is 3. The lowest BCUT2D eigenvalue weighted by Crippen LogP contribution is -2.35. The molecule has 1 heterocycles. The van der Waals surface area contributed by atoms with Gasteiger partial charge in [-0.15, -0.1) is 0 Å². The fraction of sp³-hybridized carbons (Fsp3) is 0.294. The number of hydrogen-bond acceptors (Lipinski definition) is 3. The first-order valence-electron chi connectivity index (χ1n) is 7.71. The Kier molecular flexibility index (Phi) is 4.83. The van der Waals surface area contributed by atoms with Crippen LogP contribution in [-0.2, 0) is 22.6 Å². The van der Waals surface area contributed by atoms with E-state index in [1.807, 2.05) is 0 Å². The molecule has 0 N–H and O–H groups in total. The first-order valence-corrected chi connectivity index (χ1v) is 9.53. The monoisotopic (exact) mass is 405 g/mol. The number of benzene rings is 2. The number of halogens is 4. The van der Waals surface area contributed by atoms with Gasteiger partial charge in [0.15, 0.2) is 0 Å². The van der Waals surface area contributed by atoms with E-state index in [-0.39, 0.29) is 11.6 Å². The van der Waals surface area contributed by atoms with Crippen LogP contribution in [0, 0.1) is 0 Å². The van der Waals surface area contributed by atoms with E-state index >= 15 is 0 Å². The zero-order chi connectivity index (χ0) is 19.1. The van der Waals surface area contributed by atoms with Crippen molar-refractivity contribution in [1.82, 2.24) is 0 Å². The minimum Gasteiger partial charge on any atom is -0.497 e. The van der Waals surface area contributed by atoms with E-state index in [9.17, 15) is 21.6 Å². The summed E-state index contributed by atoms with van der Waals surface area (Å²) in [6.07, 6.45) is -3.48. The number of nitrogens with zero attached hydrogens (tertiary/aromatic N) is 1. The minimum absolute atomic E-state index is 0.161. The van der Waals surface area contributed by atoms with E-state index in [2.05, 4.69) is 0 Å². The Hall–Kier alpha value is -1.93. The van der Waals surface area contributed by atoms with Gasteiger partial charge in [0.25, 0.3) is 10.0 Å². The van der Waals surface area contributed by atoms with Crippen LogP contribution in [-0.4, -0.2) is 22.1 Å². The van der Waals surface area contributed by atoms with Gasteiger partial charge in [-0.2, -0.15) is 13.2 Å². The second-order valence-corrected chi connectivity index (χ2v) is 8.06. The maximum Gasteiger partial charge on any atom is 0.416 e. The molecular weight excluding hydrogens is 391 g/mol. The highest BCUT2D eigenvalue weighted by molar-refractivity contribution is 7.93. The van der Waals surface area contributed by atoms with E-state index in [1.165, 1.54) is 7.11 Å². The highest BCUT2D eigenvalue weighted by atomic mass is 35.5. The van der Waals surface area contributed by atoms with Gasteiger partial charge in [-0.1, -0.05) is 11.6 Å². The summed E-state index contributed by atoms with van der Waals surface area (Å²) < 4.78 is 71.3. The summed E-state index contributed by atoms with van der Waals surface area (Å²) in [4.78, 5) is -0.558. The molecule has 140 valence electrons. The fourth-order valence-electron chi connectivity index (χ4n) is 2.91. The molecule has 0 spiro atoms. The molecule has 0 aromatic heterocycles. The van der Waals surface area contributed by atoms with Crippen LogP contribution in [0.1, 0.15) is 17.5 Å². The molecule has 0 amide bonds. The second kappa shape index (κ2) is 6.66. The van der Waals surface area contributed by atoms with E-state index < -0.39 is 26.7 Å². The van der Waals surface area contributed by atoms with Crippen LogP contribution in [0.5, 0.6) is 5.75 Å². The molecule has 0 unspecified atom stereocenters. The van der Waals surface area contributed by atoms with Crippen LogP contribution in [0.25, 0.3) is 0 Å². The van der Waals surface area contributed by atoms with Crippen molar-refractivity contribution in [2.24, 2.45) is 0 Å². The maximum absolute atomic E-state index is 13.0. The molecule has 1 aliphatic rings. The molecule has 3 rings (SSSR count). The van der Waals surface area contributed by atoms with E-state index in [4.69, 9.17) is 16.3 Å². The normalized spacial score (nSPS) is 14.9. The van der Waals surface area contributed by atoms with Crippen molar-refractivity contribution >= 4 is 27.3 Å². The van der Waals surface area contributed by atoms with Gasteiger partial charge in [0.2, 0.25) is 0 Å². The summed E-state index contributed by atoms with van der Waals surface area (Å²) in [5.74, 6) is 0.583. The van der Waals surface area contributed by atoms with Crippen LogP contribution in [0.15, 0.2) is 41.3 Å². The fourth-order valence-corrected chi connectivity index (χ4v) is 4.96. The highest BCUT2D eigenvalue weighted by Gasteiger charge is 2.35. The molecule has 0 atom stereocenters. The molecule has 0 fully saturated rings. The lowest BCUT2D eigenvalue weighted by Gasteiger charge is -2.31. The average molecular weight is 406 g/mol. The minimum atomic E-state index is -4.66. The van der Waals surface area contributed by atoms with Gasteiger partial charge in [0.1, 0.15) is 10.6 Å². The van der Waals surface area contributed by atoms with Crippen molar-refractivity contribution in [2.75, 3.05) is 18.0 Å². The van der Waals surface area contributed by atoms with Crippen molar-refractivity contribution in [2.45, 2.75) is 23.9 Å². The average Bonchev–Trinajstić information content (AvgIpc) is 2.59. The Morgan fingerprint density at radius 3 is 2.54 bits per heavy atom. The molecule has 2 aromatic rings. The number of ether oxygens (including phenoxy) is 1. The summed E-state index contributed by atoms with van der Waals surface area (Å²) in [6.45, 7) is 0.161. The van der Waals surface area contributed by atoms with Gasteiger partial charge < -0.3 is 4.74 Å². The number of methoxy groups -OCH3 is 1. The topological polar surface area (TPSA) is 46.6 Å². The summed E-state index contributed by atoms with van der Waals surface area (Å²) in [6, 6.07) is 7.22. The molecule has 1 aliphatic heterocycles. The summed E-state index contributed by atoms with van der Waals surface area (Å²) >= 11 is 5.93. The van der Waals surface area contributed by atoms with E-state index in [0.29, 0.717) is 30.3 Å². The number of sulfonamides is 1. The first kappa shape index (κ1) is 18.8. The number of aryl methyl sites for hydroxylation is 1. The summed E-state index contributed by atoms with van der Waals surface area (Å²) in [5, 5.41) is -0.251. The van der Waals surface area contributed by atoms with Crippen molar-refractivity contribution in [1.29, 1.82) is 0 Å². The van der Waals surface area contributed by atoms with Gasteiger partial charge >= 0.3 is 6.18 Å². The highest BCUT2D eigenvalue weighted by Crippen LogP contribution is 2.38. The number of alkyl halides is 3. The Balaban J connectivity index is 2.11. The van der Waals surface area contributed by atoms with Crippen molar-refractivity contribution < 1.29 is 26.3 Å². The van der Waals surface area contributed by atoms with Crippen molar-refractivity contribution in [3.8, 4) is 5.75 Å². The van der Waals surface area contributed by atoms with Gasteiger partial charge in [-0.05, 0) is 54.8 Å².